The first-order valence-corrected chi connectivity index (χ1v) is 10.4. The summed E-state index contributed by atoms with van der Waals surface area (Å²) in [5, 5.41) is 1.10. The second kappa shape index (κ2) is 7.26. The van der Waals surface area contributed by atoms with Crippen molar-refractivity contribution in [3.05, 3.63) is 62.5 Å². The van der Waals surface area contributed by atoms with E-state index in [1.165, 1.54) is 6.42 Å². The lowest BCUT2D eigenvalue weighted by Gasteiger charge is -2.28. The number of hydrogen-bond donors (Lipinski definition) is 1. The maximum absolute atomic E-state index is 13.0. The Labute approximate surface area is 172 Å². The molecule has 0 radical (unpaired) electrons. The third-order valence-corrected chi connectivity index (χ3v) is 6.26. The summed E-state index contributed by atoms with van der Waals surface area (Å²) in [6.45, 7) is 1.77. The molecule has 148 valence electrons. The van der Waals surface area contributed by atoms with Crippen molar-refractivity contribution >= 4 is 34.4 Å². The van der Waals surface area contributed by atoms with Gasteiger partial charge in [-0.3, -0.25) is 14.6 Å². The fourth-order valence-corrected chi connectivity index (χ4v) is 4.61. The summed E-state index contributed by atoms with van der Waals surface area (Å²) in [6.07, 6.45) is 5.99. The van der Waals surface area contributed by atoms with E-state index in [-0.39, 0.29) is 17.3 Å². The van der Waals surface area contributed by atoms with Gasteiger partial charge in [0.2, 0.25) is 5.95 Å². The van der Waals surface area contributed by atoms with Crippen LogP contribution in [0.3, 0.4) is 0 Å². The van der Waals surface area contributed by atoms with Crippen molar-refractivity contribution in [3.63, 3.8) is 0 Å². The zero-order valence-electron chi connectivity index (χ0n) is 15.9. The van der Waals surface area contributed by atoms with Gasteiger partial charge in [0.05, 0.1) is 5.39 Å². The highest BCUT2D eigenvalue weighted by molar-refractivity contribution is 6.30. The number of pyridine rings is 1. The lowest BCUT2D eigenvalue weighted by atomic mass is 9.79. The Bertz CT molecular complexity index is 1150. The molecule has 3 heterocycles. The minimum absolute atomic E-state index is 0.0130. The first-order valence-electron chi connectivity index (χ1n) is 10.1. The van der Waals surface area contributed by atoms with Crippen LogP contribution in [-0.2, 0) is 6.42 Å². The van der Waals surface area contributed by atoms with Crippen LogP contribution >= 0.6 is 11.6 Å². The molecule has 5 rings (SSSR count). The molecule has 0 saturated carbocycles. The topological polar surface area (TPSA) is 79.0 Å². The van der Waals surface area contributed by atoms with E-state index in [1.807, 2.05) is 24.3 Å². The van der Waals surface area contributed by atoms with Gasteiger partial charge < -0.3 is 4.90 Å². The van der Waals surface area contributed by atoms with Gasteiger partial charge in [-0.2, -0.15) is 4.98 Å². The number of fused-ring (bicyclic) bond motifs is 3. The molecular formula is C22H21ClN4O2. The minimum atomic E-state index is -0.218. The molecule has 1 fully saturated rings. The number of carbonyl (C=O) groups excluding carboxylic acids is 1. The molecule has 7 heteroatoms. The van der Waals surface area contributed by atoms with Gasteiger partial charge in [0, 0.05) is 36.3 Å². The van der Waals surface area contributed by atoms with E-state index in [1.54, 1.807) is 6.20 Å². The monoisotopic (exact) mass is 408 g/mol. The van der Waals surface area contributed by atoms with Gasteiger partial charge in [0.15, 0.2) is 11.4 Å². The van der Waals surface area contributed by atoms with Crippen molar-refractivity contribution in [1.29, 1.82) is 0 Å². The largest absolute Gasteiger partial charge is 0.342 e. The van der Waals surface area contributed by atoms with Crippen LogP contribution < -0.4 is 10.5 Å². The predicted octanol–water partition coefficient (Wildman–Crippen LogP) is 3.87. The molecule has 0 spiro atoms. The Morgan fingerprint density at radius 2 is 1.79 bits per heavy atom. The van der Waals surface area contributed by atoms with Gasteiger partial charge in [-0.25, -0.2) is 4.98 Å². The van der Waals surface area contributed by atoms with Crippen LogP contribution in [0, 0.1) is 0 Å². The first-order chi connectivity index (χ1) is 14.1. The minimum Gasteiger partial charge on any atom is -0.342 e. The third kappa shape index (κ3) is 3.31. The number of Topliss-reactive ketones (excluding diaryl/α,β-unsaturated/α-hetero) is 1. The van der Waals surface area contributed by atoms with Crippen molar-refractivity contribution in [2.24, 2.45) is 0 Å². The normalized spacial score (nSPS) is 19.4. The molecule has 0 bridgehead atoms. The molecule has 0 unspecified atom stereocenters. The van der Waals surface area contributed by atoms with Crippen molar-refractivity contribution in [1.82, 2.24) is 15.0 Å². The number of nitrogens with zero attached hydrogens (tertiary/aromatic N) is 3. The molecule has 29 heavy (non-hydrogen) atoms. The lowest BCUT2D eigenvalue weighted by molar-refractivity contribution is 0.0964. The van der Waals surface area contributed by atoms with Crippen LogP contribution in [0.1, 0.15) is 53.1 Å². The summed E-state index contributed by atoms with van der Waals surface area (Å²) >= 11 is 6.01. The van der Waals surface area contributed by atoms with Crippen LogP contribution in [0.2, 0.25) is 5.02 Å². The summed E-state index contributed by atoms with van der Waals surface area (Å²) in [6, 6.07) is 7.57. The zero-order chi connectivity index (χ0) is 20.0. The van der Waals surface area contributed by atoms with Gasteiger partial charge in [-0.15, -0.1) is 0 Å². The smallest absolute Gasteiger partial charge is 0.262 e. The van der Waals surface area contributed by atoms with Crippen LogP contribution in [0.5, 0.6) is 0 Å². The molecule has 1 N–H and O–H groups in total. The maximum atomic E-state index is 13.0. The average molecular weight is 409 g/mol. The van der Waals surface area contributed by atoms with Gasteiger partial charge in [-0.05, 0) is 54.9 Å². The number of hydrogen-bond acceptors (Lipinski definition) is 5. The number of ketones is 1. The first kappa shape index (κ1) is 18.3. The van der Waals surface area contributed by atoms with Crippen molar-refractivity contribution in [2.75, 3.05) is 18.0 Å². The molecule has 1 saturated heterocycles. The zero-order valence-corrected chi connectivity index (χ0v) is 16.7. The van der Waals surface area contributed by atoms with E-state index in [0.717, 1.165) is 37.1 Å². The molecule has 2 aromatic heterocycles. The van der Waals surface area contributed by atoms with E-state index >= 15 is 0 Å². The average Bonchev–Trinajstić information content (AvgIpc) is 2.74. The van der Waals surface area contributed by atoms with E-state index < -0.39 is 0 Å². The Morgan fingerprint density at radius 3 is 2.55 bits per heavy atom. The molecular weight excluding hydrogens is 388 g/mol. The second-order valence-electron chi connectivity index (χ2n) is 7.87. The highest BCUT2D eigenvalue weighted by Crippen LogP contribution is 2.35. The predicted molar refractivity (Wildman–Crippen MR) is 113 cm³/mol. The number of halogens is 1. The number of aromatic nitrogens is 3. The summed E-state index contributed by atoms with van der Waals surface area (Å²) < 4.78 is 0. The number of carbonyl (C=O) groups is 1. The van der Waals surface area contributed by atoms with Crippen LogP contribution in [0.4, 0.5) is 5.95 Å². The van der Waals surface area contributed by atoms with Crippen molar-refractivity contribution in [3.8, 4) is 0 Å². The SMILES string of the molecule is O=C1C[C@H](c2ccc(Cl)cc2)Cc2c1cnc1nc(N3CCCCC3)[nH]c(=O)c21. The Kier molecular flexibility index (Phi) is 4.59. The fraction of sp³-hybridized carbons (Fsp3) is 0.364. The molecule has 1 aromatic carbocycles. The highest BCUT2D eigenvalue weighted by Gasteiger charge is 2.30. The Balaban J connectivity index is 1.59. The van der Waals surface area contributed by atoms with E-state index in [9.17, 15) is 9.59 Å². The summed E-state index contributed by atoms with van der Waals surface area (Å²) in [5.74, 6) is 0.602. The van der Waals surface area contributed by atoms with Gasteiger partial charge >= 0.3 is 0 Å². The van der Waals surface area contributed by atoms with E-state index in [0.29, 0.717) is 40.4 Å². The van der Waals surface area contributed by atoms with Crippen LogP contribution in [0.15, 0.2) is 35.3 Å². The summed E-state index contributed by atoms with van der Waals surface area (Å²) in [4.78, 5) is 39.9. The molecule has 1 aliphatic carbocycles. The number of anilines is 1. The molecule has 1 aliphatic heterocycles. The number of nitrogens with one attached hydrogen (secondary N) is 1. The van der Waals surface area contributed by atoms with E-state index in [4.69, 9.17) is 11.6 Å². The second-order valence-corrected chi connectivity index (χ2v) is 8.30. The van der Waals surface area contributed by atoms with Crippen molar-refractivity contribution in [2.45, 2.75) is 38.0 Å². The third-order valence-electron chi connectivity index (χ3n) is 6.01. The molecule has 0 amide bonds. The number of benzene rings is 1. The number of rotatable bonds is 2. The fourth-order valence-electron chi connectivity index (χ4n) is 4.48. The highest BCUT2D eigenvalue weighted by atomic mass is 35.5. The van der Waals surface area contributed by atoms with Gasteiger partial charge in [0.25, 0.3) is 5.56 Å². The van der Waals surface area contributed by atoms with Gasteiger partial charge in [0.1, 0.15) is 0 Å². The standard InChI is InChI=1S/C22H21ClN4O2/c23-15-6-4-13(5-7-15)14-10-16-17(18(28)11-14)12-24-20-19(16)21(29)26-22(25-20)27-8-2-1-3-9-27/h4-7,12,14H,1-3,8-11H2,(H,24,25,26,29)/t14-/m1/s1. The van der Waals surface area contributed by atoms with Crippen molar-refractivity contribution < 1.29 is 4.79 Å². The van der Waals surface area contributed by atoms with Crippen LogP contribution in [-0.4, -0.2) is 33.8 Å². The number of piperidine rings is 1. The molecule has 3 aromatic rings. The number of aromatic amines is 1. The van der Waals surface area contributed by atoms with E-state index in [2.05, 4.69) is 19.9 Å². The number of H-pyrrole nitrogens is 1. The Morgan fingerprint density at radius 1 is 1.03 bits per heavy atom. The molecule has 1 atom stereocenters. The van der Waals surface area contributed by atoms with Crippen LogP contribution in [0.25, 0.3) is 11.0 Å². The van der Waals surface area contributed by atoms with Gasteiger partial charge in [-0.1, -0.05) is 23.7 Å². The maximum Gasteiger partial charge on any atom is 0.262 e. The lowest BCUT2D eigenvalue weighted by Crippen LogP contribution is -2.33. The Hall–Kier alpha value is -2.73. The molecule has 6 nitrogen and oxygen atoms in total. The molecule has 2 aliphatic rings. The quantitative estimate of drug-likeness (QED) is 0.696. The summed E-state index contributed by atoms with van der Waals surface area (Å²) in [7, 11) is 0. The summed E-state index contributed by atoms with van der Waals surface area (Å²) in [5.41, 5.74) is 2.54.